The lowest BCUT2D eigenvalue weighted by molar-refractivity contribution is -0.137. The standard InChI is InChI=1S/C14H22N2O4S/c1-11(2)16(10-6-9-14(17)18)12-7-4-5-8-13(12)21(19,20)15-3/h4-5,7-8,11,15H,6,9-10H2,1-3H3,(H,17,18). The maximum Gasteiger partial charge on any atom is 0.303 e. The predicted octanol–water partition coefficient (Wildman–Crippen LogP) is 1.67. The van der Waals surface area contributed by atoms with E-state index >= 15 is 0 Å². The van der Waals surface area contributed by atoms with Crippen LogP contribution >= 0.6 is 0 Å². The van der Waals surface area contributed by atoms with Crippen LogP contribution < -0.4 is 9.62 Å². The molecule has 0 radical (unpaired) electrons. The summed E-state index contributed by atoms with van der Waals surface area (Å²) in [4.78, 5) is 12.8. The van der Waals surface area contributed by atoms with Crippen molar-refractivity contribution in [2.75, 3.05) is 18.5 Å². The minimum absolute atomic E-state index is 0.0597. The summed E-state index contributed by atoms with van der Waals surface area (Å²) in [6, 6.07) is 6.80. The molecule has 0 aromatic heterocycles. The summed E-state index contributed by atoms with van der Waals surface area (Å²) in [5.41, 5.74) is 0.590. The SMILES string of the molecule is CNS(=O)(=O)c1ccccc1N(CCCC(=O)O)C(C)C. The molecule has 2 N–H and O–H groups in total. The number of nitrogens with one attached hydrogen (secondary N) is 1. The number of rotatable bonds is 8. The van der Waals surface area contributed by atoms with Crippen LogP contribution in [0.1, 0.15) is 26.7 Å². The van der Waals surface area contributed by atoms with E-state index in [-0.39, 0.29) is 17.4 Å². The van der Waals surface area contributed by atoms with E-state index in [1.807, 2.05) is 18.7 Å². The van der Waals surface area contributed by atoms with Gasteiger partial charge in [0.2, 0.25) is 10.0 Å². The van der Waals surface area contributed by atoms with Gasteiger partial charge in [-0.2, -0.15) is 0 Å². The maximum atomic E-state index is 12.1. The second-order valence-electron chi connectivity index (χ2n) is 4.96. The van der Waals surface area contributed by atoms with Crippen LogP contribution in [0.15, 0.2) is 29.2 Å². The number of hydrogen-bond acceptors (Lipinski definition) is 4. The number of sulfonamides is 1. The average Bonchev–Trinajstić information content (AvgIpc) is 2.43. The second-order valence-corrected chi connectivity index (χ2v) is 6.81. The number of benzene rings is 1. The van der Waals surface area contributed by atoms with Gasteiger partial charge in [-0.3, -0.25) is 4.79 Å². The predicted molar refractivity (Wildman–Crippen MR) is 82.0 cm³/mol. The first-order valence-corrected chi connectivity index (χ1v) is 8.29. The normalized spacial score (nSPS) is 11.6. The van der Waals surface area contributed by atoms with Crippen molar-refractivity contribution in [3.05, 3.63) is 24.3 Å². The average molecular weight is 314 g/mol. The van der Waals surface area contributed by atoms with Gasteiger partial charge in [0.25, 0.3) is 0 Å². The van der Waals surface area contributed by atoms with Gasteiger partial charge in [0, 0.05) is 19.0 Å². The van der Waals surface area contributed by atoms with Crippen LogP contribution in [0.2, 0.25) is 0 Å². The van der Waals surface area contributed by atoms with E-state index in [9.17, 15) is 13.2 Å². The third-order valence-electron chi connectivity index (χ3n) is 3.15. The van der Waals surface area contributed by atoms with Gasteiger partial charge in [-0.05, 0) is 39.4 Å². The van der Waals surface area contributed by atoms with Crippen LogP contribution in [0.5, 0.6) is 0 Å². The zero-order valence-corrected chi connectivity index (χ0v) is 13.4. The molecule has 0 saturated carbocycles. The maximum absolute atomic E-state index is 12.1. The topological polar surface area (TPSA) is 86.7 Å². The van der Waals surface area contributed by atoms with E-state index in [1.54, 1.807) is 24.3 Å². The highest BCUT2D eigenvalue weighted by atomic mass is 32.2. The van der Waals surface area contributed by atoms with Crippen LogP contribution in [-0.4, -0.2) is 39.1 Å². The fourth-order valence-corrected chi connectivity index (χ4v) is 3.03. The van der Waals surface area contributed by atoms with E-state index in [0.29, 0.717) is 18.7 Å². The van der Waals surface area contributed by atoms with E-state index in [2.05, 4.69) is 4.72 Å². The quantitative estimate of drug-likeness (QED) is 0.762. The van der Waals surface area contributed by atoms with Gasteiger partial charge in [0.15, 0.2) is 0 Å². The van der Waals surface area contributed by atoms with Gasteiger partial charge < -0.3 is 10.0 Å². The van der Waals surface area contributed by atoms with Gasteiger partial charge in [-0.1, -0.05) is 12.1 Å². The molecule has 0 spiro atoms. The molecule has 1 aromatic carbocycles. The first-order valence-electron chi connectivity index (χ1n) is 6.80. The zero-order chi connectivity index (χ0) is 16.0. The van der Waals surface area contributed by atoms with Crippen molar-refractivity contribution >= 4 is 21.7 Å². The molecule has 21 heavy (non-hydrogen) atoms. The van der Waals surface area contributed by atoms with E-state index in [4.69, 9.17) is 5.11 Å². The summed E-state index contributed by atoms with van der Waals surface area (Å²) in [6.07, 6.45) is 0.519. The van der Waals surface area contributed by atoms with Crippen LogP contribution in [0.25, 0.3) is 0 Å². The van der Waals surface area contributed by atoms with Gasteiger partial charge in [-0.25, -0.2) is 13.1 Å². The first-order chi connectivity index (χ1) is 9.79. The number of anilines is 1. The van der Waals surface area contributed by atoms with Crippen molar-refractivity contribution in [1.29, 1.82) is 0 Å². The van der Waals surface area contributed by atoms with Crippen molar-refractivity contribution in [2.45, 2.75) is 37.6 Å². The van der Waals surface area contributed by atoms with E-state index in [1.165, 1.54) is 7.05 Å². The Kier molecular flexibility index (Phi) is 6.17. The Morgan fingerprint density at radius 2 is 1.95 bits per heavy atom. The summed E-state index contributed by atoms with van der Waals surface area (Å²) in [6.45, 7) is 4.38. The molecule has 0 aliphatic carbocycles. The molecule has 6 nitrogen and oxygen atoms in total. The molecule has 118 valence electrons. The molecule has 7 heteroatoms. The van der Waals surface area contributed by atoms with Crippen LogP contribution in [-0.2, 0) is 14.8 Å². The molecule has 0 saturated heterocycles. The van der Waals surface area contributed by atoms with Crippen molar-refractivity contribution < 1.29 is 18.3 Å². The van der Waals surface area contributed by atoms with Crippen molar-refractivity contribution in [1.82, 2.24) is 4.72 Å². The van der Waals surface area contributed by atoms with Crippen LogP contribution in [0, 0.1) is 0 Å². The molecule has 0 aliphatic rings. The molecule has 0 atom stereocenters. The Labute approximate surface area is 125 Å². The molecule has 0 heterocycles. The number of carboxylic acids is 1. The first kappa shape index (κ1) is 17.5. The summed E-state index contributed by atoms with van der Waals surface area (Å²) < 4.78 is 26.5. The molecule has 0 fully saturated rings. The van der Waals surface area contributed by atoms with Crippen molar-refractivity contribution in [2.24, 2.45) is 0 Å². The molecule has 1 rings (SSSR count). The highest BCUT2D eigenvalue weighted by Gasteiger charge is 2.21. The number of carboxylic acid groups (broad SMARTS) is 1. The molecule has 0 aliphatic heterocycles. The van der Waals surface area contributed by atoms with Gasteiger partial charge in [0.1, 0.15) is 4.90 Å². The van der Waals surface area contributed by atoms with Crippen molar-refractivity contribution in [3.8, 4) is 0 Å². The van der Waals surface area contributed by atoms with Gasteiger partial charge >= 0.3 is 5.97 Å². The number of nitrogens with zero attached hydrogens (tertiary/aromatic N) is 1. The fourth-order valence-electron chi connectivity index (χ4n) is 2.09. The van der Waals surface area contributed by atoms with Crippen molar-refractivity contribution in [3.63, 3.8) is 0 Å². The number of carbonyl (C=O) groups is 1. The fraction of sp³-hybridized carbons (Fsp3) is 0.500. The Hall–Kier alpha value is -1.60. The van der Waals surface area contributed by atoms with Crippen LogP contribution in [0.4, 0.5) is 5.69 Å². The highest BCUT2D eigenvalue weighted by Crippen LogP contribution is 2.26. The Morgan fingerprint density at radius 3 is 2.48 bits per heavy atom. The molecule has 1 aromatic rings. The van der Waals surface area contributed by atoms with E-state index in [0.717, 1.165) is 0 Å². The van der Waals surface area contributed by atoms with E-state index < -0.39 is 16.0 Å². The lowest BCUT2D eigenvalue weighted by atomic mass is 10.2. The number of hydrogen-bond donors (Lipinski definition) is 2. The Bertz CT molecular complexity index is 584. The monoisotopic (exact) mass is 314 g/mol. The third-order valence-corrected chi connectivity index (χ3v) is 4.61. The number of aliphatic carboxylic acids is 1. The Balaban J connectivity index is 3.12. The lowest BCUT2D eigenvalue weighted by Crippen LogP contribution is -2.34. The summed E-state index contributed by atoms with van der Waals surface area (Å²) >= 11 is 0. The minimum Gasteiger partial charge on any atom is -0.481 e. The zero-order valence-electron chi connectivity index (χ0n) is 12.5. The second kappa shape index (κ2) is 7.42. The highest BCUT2D eigenvalue weighted by molar-refractivity contribution is 7.89. The summed E-state index contributed by atoms with van der Waals surface area (Å²) in [5.74, 6) is -0.852. The van der Waals surface area contributed by atoms with Gasteiger partial charge in [0.05, 0.1) is 5.69 Å². The summed E-state index contributed by atoms with van der Waals surface area (Å²) in [5, 5.41) is 8.73. The lowest BCUT2D eigenvalue weighted by Gasteiger charge is -2.30. The smallest absolute Gasteiger partial charge is 0.303 e. The largest absolute Gasteiger partial charge is 0.481 e. The third kappa shape index (κ3) is 4.71. The van der Waals surface area contributed by atoms with Crippen LogP contribution in [0.3, 0.4) is 0 Å². The molecule has 0 bridgehead atoms. The molecular weight excluding hydrogens is 292 g/mol. The molecular formula is C14H22N2O4S. The molecule has 0 unspecified atom stereocenters. The van der Waals surface area contributed by atoms with Gasteiger partial charge in [-0.15, -0.1) is 0 Å². The molecule has 0 amide bonds. The summed E-state index contributed by atoms with van der Waals surface area (Å²) in [7, 11) is -2.19. The minimum atomic E-state index is -3.56. The number of para-hydroxylation sites is 1. The Morgan fingerprint density at radius 1 is 1.33 bits per heavy atom.